The quantitative estimate of drug-likeness (QED) is 0.907. The molecule has 5 rings (SSSR count). The van der Waals surface area contributed by atoms with Gasteiger partial charge in [-0.2, -0.15) is 0 Å². The Kier molecular flexibility index (Phi) is 2.42. The van der Waals surface area contributed by atoms with Gasteiger partial charge in [0.2, 0.25) is 0 Å². The summed E-state index contributed by atoms with van der Waals surface area (Å²) < 4.78 is 2.31. The Morgan fingerprint density at radius 1 is 1.21 bits per heavy atom. The zero-order chi connectivity index (χ0) is 13.1. The first-order valence-electron chi connectivity index (χ1n) is 7.84. The molecule has 4 aliphatic carbocycles. The van der Waals surface area contributed by atoms with Crippen molar-refractivity contribution < 1.29 is 0 Å². The summed E-state index contributed by atoms with van der Waals surface area (Å²) in [6, 6.07) is 0. The number of aromatic nitrogens is 2. The summed E-state index contributed by atoms with van der Waals surface area (Å²) in [5, 5.41) is 0. The van der Waals surface area contributed by atoms with E-state index in [9.17, 15) is 0 Å². The van der Waals surface area contributed by atoms with Gasteiger partial charge in [-0.3, -0.25) is 0 Å². The van der Waals surface area contributed by atoms with Gasteiger partial charge >= 0.3 is 0 Å². The lowest BCUT2D eigenvalue weighted by molar-refractivity contribution is -0.116. The van der Waals surface area contributed by atoms with Crippen LogP contribution in [0.15, 0.2) is 18.7 Å². The zero-order valence-electron chi connectivity index (χ0n) is 11.9. The van der Waals surface area contributed by atoms with Crippen LogP contribution in [0, 0.1) is 23.2 Å². The zero-order valence-corrected chi connectivity index (χ0v) is 11.9. The number of nitrogens with zero attached hydrogens (tertiary/aromatic N) is 2. The second kappa shape index (κ2) is 3.85. The molecule has 0 radical (unpaired) electrons. The monoisotopic (exact) mass is 259 g/mol. The van der Waals surface area contributed by atoms with Crippen LogP contribution < -0.4 is 5.73 Å². The van der Waals surface area contributed by atoms with Crippen molar-refractivity contribution in [2.24, 2.45) is 28.9 Å². The van der Waals surface area contributed by atoms with Crippen LogP contribution in [0.5, 0.6) is 0 Å². The minimum absolute atomic E-state index is 0.0551. The van der Waals surface area contributed by atoms with E-state index in [2.05, 4.69) is 22.7 Å². The van der Waals surface area contributed by atoms with Crippen LogP contribution in [-0.2, 0) is 5.54 Å². The molecule has 1 aromatic heterocycles. The lowest BCUT2D eigenvalue weighted by Gasteiger charge is -2.63. The SMILES string of the molecule is CC(CN)(n1ccnc1)C12CC3CC(CC(C3)C1)C2. The van der Waals surface area contributed by atoms with Crippen molar-refractivity contribution in [1.82, 2.24) is 9.55 Å². The molecule has 2 N–H and O–H groups in total. The molecule has 1 atom stereocenters. The van der Waals surface area contributed by atoms with Crippen LogP contribution in [0.1, 0.15) is 45.4 Å². The van der Waals surface area contributed by atoms with Crippen molar-refractivity contribution in [1.29, 1.82) is 0 Å². The molecule has 4 fully saturated rings. The third kappa shape index (κ3) is 1.51. The number of hydrogen-bond donors (Lipinski definition) is 1. The lowest BCUT2D eigenvalue weighted by atomic mass is 9.45. The minimum atomic E-state index is 0.0551. The molecule has 4 saturated carbocycles. The van der Waals surface area contributed by atoms with Crippen LogP contribution in [0.4, 0.5) is 0 Å². The summed E-state index contributed by atoms with van der Waals surface area (Å²) in [5.74, 6) is 2.92. The van der Waals surface area contributed by atoms with E-state index in [1.807, 2.05) is 12.5 Å². The molecular formula is C16H25N3. The molecule has 4 aliphatic rings. The molecule has 19 heavy (non-hydrogen) atoms. The highest BCUT2D eigenvalue weighted by Crippen LogP contribution is 2.65. The third-order valence-corrected chi connectivity index (χ3v) is 6.65. The van der Waals surface area contributed by atoms with Gasteiger partial charge in [0.25, 0.3) is 0 Å². The molecule has 1 unspecified atom stereocenters. The molecule has 4 bridgehead atoms. The Morgan fingerprint density at radius 3 is 2.21 bits per heavy atom. The molecule has 1 heterocycles. The fourth-order valence-electron chi connectivity index (χ4n) is 5.92. The Labute approximate surface area is 115 Å². The third-order valence-electron chi connectivity index (χ3n) is 6.65. The van der Waals surface area contributed by atoms with Gasteiger partial charge in [-0.25, -0.2) is 4.98 Å². The predicted octanol–water partition coefficient (Wildman–Crippen LogP) is 2.77. The van der Waals surface area contributed by atoms with Crippen LogP contribution in [-0.4, -0.2) is 16.1 Å². The van der Waals surface area contributed by atoms with E-state index >= 15 is 0 Å². The molecule has 3 heteroatoms. The smallest absolute Gasteiger partial charge is 0.0951 e. The first-order valence-corrected chi connectivity index (χ1v) is 7.84. The van der Waals surface area contributed by atoms with Crippen LogP contribution in [0.2, 0.25) is 0 Å². The average Bonchev–Trinajstić information content (AvgIpc) is 2.90. The maximum absolute atomic E-state index is 6.27. The standard InChI is InChI=1S/C16H25N3/c1-15(10-17,19-3-2-18-11-19)16-7-12-4-13(8-16)6-14(5-12)9-16/h2-3,11-14H,4-10,17H2,1H3. The summed E-state index contributed by atoms with van der Waals surface area (Å²) >= 11 is 0. The summed E-state index contributed by atoms with van der Waals surface area (Å²) in [7, 11) is 0. The number of rotatable bonds is 3. The molecule has 3 nitrogen and oxygen atoms in total. The summed E-state index contributed by atoms with van der Waals surface area (Å²) in [6.45, 7) is 3.11. The lowest BCUT2D eigenvalue weighted by Crippen LogP contribution is -2.60. The number of hydrogen-bond acceptors (Lipinski definition) is 2. The fourth-order valence-corrected chi connectivity index (χ4v) is 5.92. The van der Waals surface area contributed by atoms with E-state index in [0.29, 0.717) is 5.41 Å². The highest BCUT2D eigenvalue weighted by Gasteiger charge is 2.58. The van der Waals surface area contributed by atoms with Crippen molar-refractivity contribution in [3.05, 3.63) is 18.7 Å². The predicted molar refractivity (Wildman–Crippen MR) is 75.5 cm³/mol. The molecule has 0 saturated heterocycles. The van der Waals surface area contributed by atoms with E-state index in [1.54, 1.807) is 0 Å². The van der Waals surface area contributed by atoms with Crippen LogP contribution >= 0.6 is 0 Å². The topological polar surface area (TPSA) is 43.8 Å². The van der Waals surface area contributed by atoms with Gasteiger partial charge in [0, 0.05) is 18.9 Å². The van der Waals surface area contributed by atoms with E-state index < -0.39 is 0 Å². The fraction of sp³-hybridized carbons (Fsp3) is 0.812. The number of nitrogens with two attached hydrogens (primary N) is 1. The van der Waals surface area contributed by atoms with Gasteiger partial charge in [0.05, 0.1) is 11.9 Å². The Balaban J connectivity index is 1.77. The van der Waals surface area contributed by atoms with Crippen LogP contribution in [0.3, 0.4) is 0 Å². The first-order chi connectivity index (χ1) is 9.15. The molecule has 104 valence electrons. The van der Waals surface area contributed by atoms with Crippen molar-refractivity contribution in [2.45, 2.75) is 51.0 Å². The Hall–Kier alpha value is -0.830. The first kappa shape index (κ1) is 12.0. The van der Waals surface area contributed by atoms with Gasteiger partial charge in [-0.15, -0.1) is 0 Å². The normalized spacial score (nSPS) is 43.4. The van der Waals surface area contributed by atoms with Crippen molar-refractivity contribution in [3.63, 3.8) is 0 Å². The van der Waals surface area contributed by atoms with Gasteiger partial charge in [-0.1, -0.05) is 0 Å². The van der Waals surface area contributed by atoms with Gasteiger partial charge < -0.3 is 10.3 Å². The highest BCUT2D eigenvalue weighted by molar-refractivity contribution is 5.11. The molecule has 1 aromatic rings. The maximum atomic E-state index is 6.27. The maximum Gasteiger partial charge on any atom is 0.0951 e. The Bertz CT molecular complexity index is 429. The highest BCUT2D eigenvalue weighted by atomic mass is 15.1. The molecule has 0 aromatic carbocycles. The summed E-state index contributed by atoms with van der Waals surface area (Å²) in [6.07, 6.45) is 14.6. The van der Waals surface area contributed by atoms with E-state index in [1.165, 1.54) is 38.5 Å². The average molecular weight is 259 g/mol. The summed E-state index contributed by atoms with van der Waals surface area (Å²) in [5.41, 5.74) is 6.75. The largest absolute Gasteiger partial charge is 0.330 e. The second-order valence-electron chi connectivity index (χ2n) is 7.65. The van der Waals surface area contributed by atoms with Crippen molar-refractivity contribution in [2.75, 3.05) is 6.54 Å². The second-order valence-corrected chi connectivity index (χ2v) is 7.65. The number of imidazole rings is 1. The van der Waals surface area contributed by atoms with Gasteiger partial charge in [-0.05, 0) is 68.6 Å². The van der Waals surface area contributed by atoms with Gasteiger partial charge in [0.1, 0.15) is 0 Å². The van der Waals surface area contributed by atoms with E-state index in [0.717, 1.165) is 24.3 Å². The van der Waals surface area contributed by atoms with Crippen LogP contribution in [0.25, 0.3) is 0 Å². The van der Waals surface area contributed by atoms with Crippen molar-refractivity contribution in [3.8, 4) is 0 Å². The van der Waals surface area contributed by atoms with Crippen molar-refractivity contribution >= 4 is 0 Å². The Morgan fingerprint density at radius 2 is 1.79 bits per heavy atom. The molecule has 0 aliphatic heterocycles. The molecule has 0 amide bonds. The molecular weight excluding hydrogens is 234 g/mol. The van der Waals surface area contributed by atoms with Gasteiger partial charge in [0.15, 0.2) is 0 Å². The van der Waals surface area contributed by atoms with E-state index in [4.69, 9.17) is 5.73 Å². The molecule has 0 spiro atoms. The van der Waals surface area contributed by atoms with E-state index in [-0.39, 0.29) is 5.54 Å². The summed E-state index contributed by atoms with van der Waals surface area (Å²) in [4.78, 5) is 4.27. The minimum Gasteiger partial charge on any atom is -0.330 e.